The number of nitrogens with one attached hydrogen (secondary N) is 1. The number of benzene rings is 1. The van der Waals surface area contributed by atoms with Gasteiger partial charge in [0.15, 0.2) is 0 Å². The number of halogens is 2. The minimum Gasteiger partial charge on any atom is -0.379 e. The van der Waals surface area contributed by atoms with E-state index in [1.165, 1.54) is 0 Å². The van der Waals surface area contributed by atoms with Gasteiger partial charge in [-0.3, -0.25) is 9.69 Å². The Bertz CT molecular complexity index is 843. The van der Waals surface area contributed by atoms with Crippen LogP contribution in [0.5, 0.6) is 0 Å². The molecule has 1 N–H and O–H groups in total. The van der Waals surface area contributed by atoms with Crippen molar-refractivity contribution < 1.29 is 14.1 Å². The summed E-state index contributed by atoms with van der Waals surface area (Å²) in [6.45, 7) is 7.38. The molecule has 1 aliphatic rings. The first-order valence-corrected chi connectivity index (χ1v) is 11.1. The van der Waals surface area contributed by atoms with Crippen LogP contribution in [-0.2, 0) is 16.1 Å². The SMILES string of the molecule is CC(C)OCCCNC(=O)C1CCCN(Cc2nc(-c3ccc(Cl)cc3Cl)no2)C1. The molecule has 0 spiro atoms. The third-order valence-corrected chi connectivity index (χ3v) is 5.49. The number of hydrogen-bond acceptors (Lipinski definition) is 6. The quantitative estimate of drug-likeness (QED) is 0.572. The standard InChI is InChI=1S/C21H28Cl2N4O3/c1-14(2)29-10-4-8-24-21(28)15-5-3-9-27(12-15)13-19-25-20(26-30-19)17-7-6-16(22)11-18(17)23/h6-7,11,14-15H,3-5,8-10,12-13H2,1-2H3,(H,24,28). The van der Waals surface area contributed by atoms with Gasteiger partial charge in [0.2, 0.25) is 17.6 Å². The maximum atomic E-state index is 12.5. The van der Waals surface area contributed by atoms with E-state index < -0.39 is 0 Å². The average Bonchev–Trinajstić information content (AvgIpc) is 3.15. The van der Waals surface area contributed by atoms with Crippen molar-refractivity contribution in [2.45, 2.75) is 45.8 Å². The molecule has 1 unspecified atom stereocenters. The van der Waals surface area contributed by atoms with Crippen LogP contribution in [0.1, 0.15) is 39.0 Å². The predicted octanol–water partition coefficient (Wildman–Crippen LogP) is 4.19. The highest BCUT2D eigenvalue weighted by molar-refractivity contribution is 6.36. The molecule has 1 atom stereocenters. The van der Waals surface area contributed by atoms with Gasteiger partial charge in [-0.1, -0.05) is 28.4 Å². The van der Waals surface area contributed by atoms with E-state index in [4.69, 9.17) is 32.5 Å². The van der Waals surface area contributed by atoms with Crippen molar-refractivity contribution in [1.82, 2.24) is 20.4 Å². The molecule has 1 aliphatic heterocycles. The Kier molecular flexibility index (Phi) is 8.50. The van der Waals surface area contributed by atoms with E-state index in [1.54, 1.807) is 18.2 Å². The lowest BCUT2D eigenvalue weighted by Crippen LogP contribution is -2.43. The molecule has 2 heterocycles. The van der Waals surface area contributed by atoms with Gasteiger partial charge in [-0.25, -0.2) is 0 Å². The molecule has 1 aromatic heterocycles. The molecule has 0 saturated carbocycles. The normalized spacial score (nSPS) is 17.4. The second-order valence-electron chi connectivity index (χ2n) is 7.77. The molecular weight excluding hydrogens is 427 g/mol. The van der Waals surface area contributed by atoms with Crippen molar-refractivity contribution in [2.24, 2.45) is 5.92 Å². The van der Waals surface area contributed by atoms with Gasteiger partial charge in [0.25, 0.3) is 0 Å². The summed E-state index contributed by atoms with van der Waals surface area (Å²) in [7, 11) is 0. The number of ether oxygens (including phenoxy) is 1. The first kappa shape index (κ1) is 23.0. The molecule has 164 valence electrons. The van der Waals surface area contributed by atoms with Crippen molar-refractivity contribution in [1.29, 1.82) is 0 Å². The summed E-state index contributed by atoms with van der Waals surface area (Å²) in [6, 6.07) is 5.16. The van der Waals surface area contributed by atoms with Crippen molar-refractivity contribution in [3.8, 4) is 11.4 Å². The lowest BCUT2D eigenvalue weighted by atomic mass is 9.97. The first-order valence-electron chi connectivity index (χ1n) is 10.3. The van der Waals surface area contributed by atoms with Gasteiger partial charge in [-0.15, -0.1) is 0 Å². The van der Waals surface area contributed by atoms with Gasteiger partial charge >= 0.3 is 0 Å². The van der Waals surface area contributed by atoms with Crippen LogP contribution in [0.25, 0.3) is 11.4 Å². The minimum absolute atomic E-state index is 0.0298. The molecular formula is C21H28Cl2N4O3. The van der Waals surface area contributed by atoms with Crippen LogP contribution < -0.4 is 5.32 Å². The summed E-state index contributed by atoms with van der Waals surface area (Å²) >= 11 is 12.2. The fourth-order valence-corrected chi connectivity index (χ4v) is 3.94. The fourth-order valence-electron chi connectivity index (χ4n) is 3.45. The van der Waals surface area contributed by atoms with Crippen LogP contribution in [0.4, 0.5) is 0 Å². The third kappa shape index (κ3) is 6.67. The Morgan fingerprint density at radius 1 is 1.40 bits per heavy atom. The topological polar surface area (TPSA) is 80.5 Å². The molecule has 0 aliphatic carbocycles. The van der Waals surface area contributed by atoms with Crippen LogP contribution in [0.3, 0.4) is 0 Å². The lowest BCUT2D eigenvalue weighted by Gasteiger charge is -2.30. The Morgan fingerprint density at radius 3 is 3.00 bits per heavy atom. The van der Waals surface area contributed by atoms with Gasteiger partial charge in [0.1, 0.15) is 0 Å². The Labute approximate surface area is 187 Å². The predicted molar refractivity (Wildman–Crippen MR) is 116 cm³/mol. The highest BCUT2D eigenvalue weighted by Gasteiger charge is 2.26. The number of rotatable bonds is 9. The fraction of sp³-hybridized carbons (Fsp3) is 0.571. The molecule has 1 fully saturated rings. The van der Waals surface area contributed by atoms with Crippen molar-refractivity contribution >= 4 is 29.1 Å². The van der Waals surface area contributed by atoms with Gasteiger partial charge < -0.3 is 14.6 Å². The first-order chi connectivity index (χ1) is 14.4. The molecule has 3 rings (SSSR count). The lowest BCUT2D eigenvalue weighted by molar-refractivity contribution is -0.126. The summed E-state index contributed by atoms with van der Waals surface area (Å²) in [4.78, 5) is 19.1. The second-order valence-corrected chi connectivity index (χ2v) is 8.62. The van der Waals surface area contributed by atoms with E-state index in [9.17, 15) is 4.79 Å². The molecule has 0 radical (unpaired) electrons. The van der Waals surface area contributed by atoms with Gasteiger partial charge in [-0.05, 0) is 57.9 Å². The third-order valence-electron chi connectivity index (χ3n) is 4.95. The second kappa shape index (κ2) is 11.1. The van der Waals surface area contributed by atoms with Crippen LogP contribution in [0, 0.1) is 5.92 Å². The Balaban J connectivity index is 1.49. The number of likely N-dealkylation sites (tertiary alicyclic amines) is 1. The summed E-state index contributed by atoms with van der Waals surface area (Å²) < 4.78 is 10.9. The minimum atomic E-state index is -0.0298. The molecule has 2 aromatic rings. The molecule has 1 saturated heterocycles. The molecule has 9 heteroatoms. The summed E-state index contributed by atoms with van der Waals surface area (Å²) in [5, 5.41) is 8.09. The molecule has 1 amide bonds. The van der Waals surface area contributed by atoms with Crippen LogP contribution in [0.15, 0.2) is 22.7 Å². The van der Waals surface area contributed by atoms with E-state index in [2.05, 4.69) is 20.4 Å². The molecule has 30 heavy (non-hydrogen) atoms. The van der Waals surface area contributed by atoms with E-state index in [0.717, 1.165) is 25.8 Å². The van der Waals surface area contributed by atoms with E-state index in [0.29, 0.717) is 53.6 Å². The summed E-state index contributed by atoms with van der Waals surface area (Å²) in [5.74, 6) is 1.01. The Morgan fingerprint density at radius 2 is 2.23 bits per heavy atom. The van der Waals surface area contributed by atoms with Crippen molar-refractivity contribution in [3.05, 3.63) is 34.1 Å². The van der Waals surface area contributed by atoms with Gasteiger partial charge in [-0.2, -0.15) is 4.98 Å². The average molecular weight is 455 g/mol. The molecule has 7 nitrogen and oxygen atoms in total. The molecule has 0 bridgehead atoms. The molecule has 1 aromatic carbocycles. The zero-order valence-corrected chi connectivity index (χ0v) is 18.9. The maximum absolute atomic E-state index is 12.5. The number of hydrogen-bond donors (Lipinski definition) is 1. The van der Waals surface area contributed by atoms with E-state index in [1.807, 2.05) is 13.8 Å². The van der Waals surface area contributed by atoms with Crippen LogP contribution in [0.2, 0.25) is 10.0 Å². The van der Waals surface area contributed by atoms with E-state index in [-0.39, 0.29) is 17.9 Å². The summed E-state index contributed by atoms with van der Waals surface area (Å²) in [5.41, 5.74) is 0.674. The van der Waals surface area contributed by atoms with Crippen molar-refractivity contribution in [2.75, 3.05) is 26.2 Å². The van der Waals surface area contributed by atoms with Gasteiger partial charge in [0, 0.05) is 30.3 Å². The monoisotopic (exact) mass is 454 g/mol. The number of nitrogens with zero attached hydrogens (tertiary/aromatic N) is 3. The zero-order valence-electron chi connectivity index (χ0n) is 17.4. The number of piperidine rings is 1. The van der Waals surface area contributed by atoms with Crippen LogP contribution >= 0.6 is 23.2 Å². The maximum Gasteiger partial charge on any atom is 0.241 e. The number of carbonyl (C=O) groups is 1. The van der Waals surface area contributed by atoms with Gasteiger partial charge in [0.05, 0.1) is 23.6 Å². The Hall–Kier alpha value is -1.67. The van der Waals surface area contributed by atoms with Crippen molar-refractivity contribution in [3.63, 3.8) is 0 Å². The number of carbonyl (C=O) groups excluding carboxylic acids is 1. The highest BCUT2D eigenvalue weighted by Crippen LogP contribution is 2.28. The smallest absolute Gasteiger partial charge is 0.241 e. The largest absolute Gasteiger partial charge is 0.379 e. The zero-order chi connectivity index (χ0) is 21.5. The number of amides is 1. The highest BCUT2D eigenvalue weighted by atomic mass is 35.5. The van der Waals surface area contributed by atoms with Crippen LogP contribution in [-0.4, -0.2) is 53.3 Å². The van der Waals surface area contributed by atoms with E-state index >= 15 is 0 Å². The number of aromatic nitrogens is 2. The summed E-state index contributed by atoms with van der Waals surface area (Å²) in [6.07, 6.45) is 2.88.